The number of nitrogens with zero attached hydrogens (tertiary/aromatic N) is 2. The molecule has 0 saturated carbocycles. The SMILES string of the molecule is CCC(=Cc1sc(N(C)C)nc1Cl)CN. The molecule has 0 fully saturated rings. The fourth-order valence-corrected chi connectivity index (χ4v) is 2.25. The van der Waals surface area contributed by atoms with Crippen LogP contribution in [0.5, 0.6) is 0 Å². The zero-order valence-corrected chi connectivity index (χ0v) is 10.8. The maximum Gasteiger partial charge on any atom is 0.186 e. The predicted molar refractivity (Wildman–Crippen MR) is 68.8 cm³/mol. The smallest absolute Gasteiger partial charge is 0.186 e. The molecule has 0 aliphatic rings. The lowest BCUT2D eigenvalue weighted by Crippen LogP contribution is -2.07. The molecule has 0 radical (unpaired) electrons. The topological polar surface area (TPSA) is 42.2 Å². The minimum absolute atomic E-state index is 0.558. The summed E-state index contributed by atoms with van der Waals surface area (Å²) in [6.45, 7) is 2.66. The average molecular weight is 246 g/mol. The monoisotopic (exact) mass is 245 g/mol. The Labute approximate surface area is 99.6 Å². The van der Waals surface area contributed by atoms with E-state index >= 15 is 0 Å². The molecule has 0 unspecified atom stereocenters. The van der Waals surface area contributed by atoms with Crippen LogP contribution in [-0.2, 0) is 0 Å². The summed E-state index contributed by atoms with van der Waals surface area (Å²) in [5.74, 6) is 0. The molecule has 3 nitrogen and oxygen atoms in total. The molecule has 0 spiro atoms. The first-order valence-electron chi connectivity index (χ1n) is 4.81. The molecule has 1 aromatic heterocycles. The quantitative estimate of drug-likeness (QED) is 0.887. The summed E-state index contributed by atoms with van der Waals surface area (Å²) in [5.41, 5.74) is 6.80. The highest BCUT2D eigenvalue weighted by Gasteiger charge is 2.08. The van der Waals surface area contributed by atoms with Gasteiger partial charge in [0.1, 0.15) is 5.15 Å². The largest absolute Gasteiger partial charge is 0.354 e. The lowest BCUT2D eigenvalue weighted by atomic mass is 10.2. The molecule has 0 saturated heterocycles. The summed E-state index contributed by atoms with van der Waals surface area (Å²) in [6.07, 6.45) is 2.98. The Kier molecular flexibility index (Phi) is 4.57. The van der Waals surface area contributed by atoms with Crippen LogP contribution in [0.4, 0.5) is 5.13 Å². The zero-order valence-electron chi connectivity index (χ0n) is 9.25. The van der Waals surface area contributed by atoms with E-state index in [1.54, 1.807) is 11.3 Å². The van der Waals surface area contributed by atoms with Crippen molar-refractivity contribution in [3.63, 3.8) is 0 Å². The van der Waals surface area contributed by atoms with Crippen LogP contribution in [0.1, 0.15) is 18.2 Å². The van der Waals surface area contributed by atoms with Crippen LogP contribution in [-0.4, -0.2) is 25.6 Å². The van der Waals surface area contributed by atoms with Crippen molar-refractivity contribution in [3.8, 4) is 0 Å². The molecule has 1 aromatic rings. The van der Waals surface area contributed by atoms with Crippen molar-refractivity contribution in [2.45, 2.75) is 13.3 Å². The summed E-state index contributed by atoms with van der Waals surface area (Å²) >= 11 is 7.61. The molecule has 0 aliphatic heterocycles. The molecule has 5 heteroatoms. The molecule has 0 aliphatic carbocycles. The minimum Gasteiger partial charge on any atom is -0.354 e. The molecule has 0 bridgehead atoms. The lowest BCUT2D eigenvalue weighted by molar-refractivity contribution is 1.02. The van der Waals surface area contributed by atoms with E-state index in [-0.39, 0.29) is 0 Å². The van der Waals surface area contributed by atoms with E-state index in [4.69, 9.17) is 17.3 Å². The second-order valence-electron chi connectivity index (χ2n) is 3.41. The van der Waals surface area contributed by atoms with Crippen LogP contribution in [0.3, 0.4) is 0 Å². The number of hydrogen-bond acceptors (Lipinski definition) is 4. The Morgan fingerprint density at radius 2 is 2.27 bits per heavy atom. The zero-order chi connectivity index (χ0) is 11.4. The van der Waals surface area contributed by atoms with Crippen LogP contribution < -0.4 is 10.6 Å². The van der Waals surface area contributed by atoms with Gasteiger partial charge >= 0.3 is 0 Å². The van der Waals surface area contributed by atoms with Crippen LogP contribution in [0.15, 0.2) is 5.57 Å². The highest BCUT2D eigenvalue weighted by atomic mass is 35.5. The van der Waals surface area contributed by atoms with Gasteiger partial charge in [-0.15, -0.1) is 0 Å². The molecule has 15 heavy (non-hydrogen) atoms. The van der Waals surface area contributed by atoms with E-state index in [0.717, 1.165) is 16.4 Å². The Bertz CT molecular complexity index is 352. The summed E-state index contributed by atoms with van der Waals surface area (Å²) in [7, 11) is 3.90. The summed E-state index contributed by atoms with van der Waals surface area (Å²) in [5, 5.41) is 1.47. The standard InChI is InChI=1S/C10H16ClN3S/c1-4-7(6-12)5-8-9(11)13-10(15-8)14(2)3/h5H,4,6,12H2,1-3H3. The van der Waals surface area contributed by atoms with Crippen molar-refractivity contribution >= 4 is 34.1 Å². The normalized spacial score (nSPS) is 11.9. The molecular weight excluding hydrogens is 230 g/mol. The van der Waals surface area contributed by atoms with Crippen molar-refractivity contribution in [3.05, 3.63) is 15.6 Å². The lowest BCUT2D eigenvalue weighted by Gasteiger charge is -2.04. The predicted octanol–water partition coefficient (Wildman–Crippen LogP) is 2.61. The van der Waals surface area contributed by atoms with Crippen LogP contribution >= 0.6 is 22.9 Å². The number of anilines is 1. The van der Waals surface area contributed by atoms with Gasteiger partial charge in [0.15, 0.2) is 5.13 Å². The summed E-state index contributed by atoms with van der Waals surface area (Å²) in [6, 6.07) is 0. The second-order valence-corrected chi connectivity index (χ2v) is 4.77. The fraction of sp³-hybridized carbons (Fsp3) is 0.500. The van der Waals surface area contributed by atoms with Gasteiger partial charge in [-0.3, -0.25) is 0 Å². The molecule has 0 aromatic carbocycles. The van der Waals surface area contributed by atoms with Crippen molar-refractivity contribution in [1.82, 2.24) is 4.98 Å². The van der Waals surface area contributed by atoms with Crippen molar-refractivity contribution < 1.29 is 0 Å². The molecule has 0 amide bonds. The number of aromatic nitrogens is 1. The third-order valence-electron chi connectivity index (χ3n) is 2.03. The second kappa shape index (κ2) is 5.49. The van der Waals surface area contributed by atoms with Crippen molar-refractivity contribution in [2.24, 2.45) is 5.73 Å². The van der Waals surface area contributed by atoms with E-state index in [1.807, 2.05) is 25.1 Å². The van der Waals surface area contributed by atoms with E-state index in [1.165, 1.54) is 5.57 Å². The van der Waals surface area contributed by atoms with Gasteiger partial charge in [-0.05, 0) is 12.5 Å². The molecule has 1 rings (SSSR count). The van der Waals surface area contributed by atoms with Gasteiger partial charge in [0.2, 0.25) is 0 Å². The van der Waals surface area contributed by atoms with Gasteiger partial charge in [0, 0.05) is 20.6 Å². The average Bonchev–Trinajstić information content (AvgIpc) is 2.56. The van der Waals surface area contributed by atoms with Gasteiger partial charge in [-0.1, -0.05) is 35.4 Å². The highest BCUT2D eigenvalue weighted by molar-refractivity contribution is 7.17. The molecular formula is C10H16ClN3S. The summed E-state index contributed by atoms with van der Waals surface area (Å²) < 4.78 is 0. The molecule has 2 N–H and O–H groups in total. The number of halogens is 1. The number of thiazole rings is 1. The van der Waals surface area contributed by atoms with Gasteiger partial charge in [-0.25, -0.2) is 4.98 Å². The molecule has 1 heterocycles. The third-order valence-corrected chi connectivity index (χ3v) is 3.60. The first kappa shape index (κ1) is 12.5. The first-order chi connectivity index (χ1) is 7.08. The van der Waals surface area contributed by atoms with E-state index in [0.29, 0.717) is 11.7 Å². The first-order valence-corrected chi connectivity index (χ1v) is 6.01. The maximum atomic E-state index is 6.03. The van der Waals surface area contributed by atoms with Crippen molar-refractivity contribution in [1.29, 1.82) is 0 Å². The highest BCUT2D eigenvalue weighted by Crippen LogP contribution is 2.30. The Balaban J connectivity index is 2.99. The minimum atomic E-state index is 0.558. The number of rotatable bonds is 4. The van der Waals surface area contributed by atoms with E-state index in [2.05, 4.69) is 11.9 Å². The van der Waals surface area contributed by atoms with Crippen LogP contribution in [0, 0.1) is 0 Å². The van der Waals surface area contributed by atoms with Crippen LogP contribution in [0.25, 0.3) is 6.08 Å². The molecule has 0 atom stereocenters. The number of hydrogen-bond donors (Lipinski definition) is 1. The summed E-state index contributed by atoms with van der Waals surface area (Å²) in [4.78, 5) is 7.19. The third kappa shape index (κ3) is 3.19. The van der Waals surface area contributed by atoms with Gasteiger partial charge in [0.05, 0.1) is 4.88 Å². The number of nitrogens with two attached hydrogens (primary N) is 1. The van der Waals surface area contributed by atoms with E-state index in [9.17, 15) is 0 Å². The fourth-order valence-electron chi connectivity index (χ4n) is 1.07. The molecule has 84 valence electrons. The van der Waals surface area contributed by atoms with Crippen molar-refractivity contribution in [2.75, 3.05) is 25.5 Å². The van der Waals surface area contributed by atoms with Gasteiger partial charge in [-0.2, -0.15) is 0 Å². The Hall–Kier alpha value is -0.580. The maximum absolute atomic E-state index is 6.03. The Morgan fingerprint density at radius 3 is 2.67 bits per heavy atom. The van der Waals surface area contributed by atoms with Crippen LogP contribution in [0.2, 0.25) is 5.15 Å². The Morgan fingerprint density at radius 1 is 1.60 bits per heavy atom. The van der Waals surface area contributed by atoms with E-state index < -0.39 is 0 Å². The van der Waals surface area contributed by atoms with Gasteiger partial charge < -0.3 is 10.6 Å². The van der Waals surface area contributed by atoms with Gasteiger partial charge in [0.25, 0.3) is 0 Å².